The summed E-state index contributed by atoms with van der Waals surface area (Å²) in [6, 6.07) is 19.9. The highest BCUT2D eigenvalue weighted by atomic mass is 16.1. The fraction of sp³-hybridized carbons (Fsp3) is 0.348. The number of piperidine rings is 1. The Morgan fingerprint density at radius 2 is 1.65 bits per heavy atom. The molecular weight excluding hydrogens is 320 g/mol. The molecule has 2 aromatic rings. The summed E-state index contributed by atoms with van der Waals surface area (Å²) in [4.78, 5) is 14.6. The molecule has 2 aromatic carbocycles. The van der Waals surface area contributed by atoms with Crippen molar-refractivity contribution in [3.63, 3.8) is 0 Å². The Bertz CT molecular complexity index is 689. The normalized spacial score (nSPS) is 16.0. The van der Waals surface area contributed by atoms with Crippen LogP contribution < -0.4 is 5.32 Å². The van der Waals surface area contributed by atoms with Crippen molar-refractivity contribution < 1.29 is 4.79 Å². The molecule has 1 fully saturated rings. The van der Waals surface area contributed by atoms with Gasteiger partial charge in [-0.15, -0.1) is 0 Å². The number of nitrogens with one attached hydrogen (secondary N) is 1. The van der Waals surface area contributed by atoms with Crippen LogP contribution in [0.25, 0.3) is 6.08 Å². The third kappa shape index (κ3) is 5.85. The van der Waals surface area contributed by atoms with Crippen molar-refractivity contribution in [2.75, 3.05) is 26.2 Å². The Morgan fingerprint density at radius 3 is 2.35 bits per heavy atom. The lowest BCUT2D eigenvalue weighted by Crippen LogP contribution is -2.35. The first-order valence-corrected chi connectivity index (χ1v) is 9.58. The molecule has 1 N–H and O–H groups in total. The van der Waals surface area contributed by atoms with E-state index in [0.29, 0.717) is 0 Å². The van der Waals surface area contributed by atoms with Gasteiger partial charge in [-0.2, -0.15) is 0 Å². The summed E-state index contributed by atoms with van der Waals surface area (Å²) in [6.45, 7) is 4.09. The molecule has 1 amide bonds. The van der Waals surface area contributed by atoms with Gasteiger partial charge in [0.2, 0.25) is 0 Å². The smallest absolute Gasteiger partial charge is 0.251 e. The zero-order chi connectivity index (χ0) is 18.0. The van der Waals surface area contributed by atoms with E-state index in [0.717, 1.165) is 44.1 Å². The van der Waals surface area contributed by atoms with Gasteiger partial charge in [0, 0.05) is 18.7 Å². The van der Waals surface area contributed by atoms with E-state index < -0.39 is 0 Å². The number of hydrogen-bond donors (Lipinski definition) is 1. The van der Waals surface area contributed by atoms with Crippen LogP contribution in [0.1, 0.15) is 35.2 Å². The maximum absolute atomic E-state index is 12.0. The van der Waals surface area contributed by atoms with Crippen LogP contribution >= 0.6 is 0 Å². The van der Waals surface area contributed by atoms with Crippen LogP contribution in [0.3, 0.4) is 0 Å². The van der Waals surface area contributed by atoms with Gasteiger partial charge in [0.1, 0.15) is 0 Å². The number of hydrogen-bond acceptors (Lipinski definition) is 2. The van der Waals surface area contributed by atoms with E-state index in [1.807, 2.05) is 36.4 Å². The van der Waals surface area contributed by atoms with Gasteiger partial charge in [0.25, 0.3) is 5.91 Å². The molecule has 0 atom stereocenters. The number of likely N-dealkylation sites (tertiary alicyclic amines) is 1. The first kappa shape index (κ1) is 18.4. The Labute approximate surface area is 156 Å². The third-order valence-electron chi connectivity index (χ3n) is 5.05. The number of carbonyl (C=O) groups is 1. The van der Waals surface area contributed by atoms with Crippen molar-refractivity contribution in [2.24, 2.45) is 5.92 Å². The summed E-state index contributed by atoms with van der Waals surface area (Å²) in [5.41, 5.74) is 2.00. The predicted molar refractivity (Wildman–Crippen MR) is 108 cm³/mol. The number of rotatable bonds is 7. The highest BCUT2D eigenvalue weighted by Crippen LogP contribution is 2.20. The molecule has 1 saturated heterocycles. The van der Waals surface area contributed by atoms with Crippen LogP contribution in [0.4, 0.5) is 0 Å². The number of amides is 1. The first-order valence-electron chi connectivity index (χ1n) is 9.58. The fourth-order valence-corrected chi connectivity index (χ4v) is 3.44. The molecule has 0 saturated carbocycles. The molecule has 0 aliphatic carbocycles. The second kappa shape index (κ2) is 9.93. The van der Waals surface area contributed by atoms with Crippen molar-refractivity contribution in [3.05, 3.63) is 77.9 Å². The molecule has 1 heterocycles. The summed E-state index contributed by atoms with van der Waals surface area (Å²) in [7, 11) is 0. The van der Waals surface area contributed by atoms with Crippen LogP contribution in [-0.2, 0) is 0 Å². The van der Waals surface area contributed by atoms with Crippen molar-refractivity contribution in [3.8, 4) is 0 Å². The minimum atomic E-state index is 0.0362. The Hall–Kier alpha value is -2.39. The SMILES string of the molecule is O=C(NCCC1CCN(C/C=C/c2ccccc2)CC1)c1ccccc1. The van der Waals surface area contributed by atoms with Crippen LogP contribution in [0, 0.1) is 5.92 Å². The molecule has 3 heteroatoms. The van der Waals surface area contributed by atoms with E-state index in [1.165, 1.54) is 18.4 Å². The quantitative estimate of drug-likeness (QED) is 0.812. The molecule has 3 nitrogen and oxygen atoms in total. The average molecular weight is 348 g/mol. The van der Waals surface area contributed by atoms with Crippen LogP contribution in [0.2, 0.25) is 0 Å². The maximum atomic E-state index is 12.0. The first-order chi connectivity index (χ1) is 12.8. The van der Waals surface area contributed by atoms with E-state index in [9.17, 15) is 4.79 Å². The number of nitrogens with zero attached hydrogens (tertiary/aromatic N) is 1. The molecule has 3 rings (SSSR count). The van der Waals surface area contributed by atoms with Gasteiger partial charge >= 0.3 is 0 Å². The van der Waals surface area contributed by atoms with Gasteiger partial charge in [-0.3, -0.25) is 9.69 Å². The van der Waals surface area contributed by atoms with Crippen molar-refractivity contribution in [1.82, 2.24) is 10.2 Å². The summed E-state index contributed by atoms with van der Waals surface area (Å²) in [5, 5.41) is 3.05. The molecule has 26 heavy (non-hydrogen) atoms. The zero-order valence-electron chi connectivity index (χ0n) is 15.3. The molecule has 0 aromatic heterocycles. The van der Waals surface area contributed by atoms with Crippen LogP contribution in [-0.4, -0.2) is 37.0 Å². The second-order valence-electron chi connectivity index (χ2n) is 6.97. The minimum absolute atomic E-state index is 0.0362. The number of benzene rings is 2. The van der Waals surface area contributed by atoms with E-state index in [4.69, 9.17) is 0 Å². The predicted octanol–water partition coefficient (Wildman–Crippen LogP) is 4.23. The third-order valence-corrected chi connectivity index (χ3v) is 5.05. The summed E-state index contributed by atoms with van der Waals surface area (Å²) in [5.74, 6) is 0.759. The van der Waals surface area contributed by atoms with E-state index >= 15 is 0 Å². The largest absolute Gasteiger partial charge is 0.352 e. The van der Waals surface area contributed by atoms with Gasteiger partial charge in [-0.25, -0.2) is 0 Å². The lowest BCUT2D eigenvalue weighted by Gasteiger charge is -2.31. The molecule has 0 spiro atoms. The summed E-state index contributed by atoms with van der Waals surface area (Å²) >= 11 is 0. The Kier molecular flexibility index (Phi) is 7.03. The van der Waals surface area contributed by atoms with Gasteiger partial charge < -0.3 is 5.32 Å². The molecule has 0 bridgehead atoms. The summed E-state index contributed by atoms with van der Waals surface area (Å²) < 4.78 is 0. The highest BCUT2D eigenvalue weighted by Gasteiger charge is 2.18. The zero-order valence-corrected chi connectivity index (χ0v) is 15.3. The Balaban J connectivity index is 1.31. The minimum Gasteiger partial charge on any atom is -0.352 e. The van der Waals surface area contributed by atoms with Gasteiger partial charge in [-0.05, 0) is 56.0 Å². The van der Waals surface area contributed by atoms with Gasteiger partial charge in [0.05, 0.1) is 0 Å². The monoisotopic (exact) mass is 348 g/mol. The van der Waals surface area contributed by atoms with E-state index in [2.05, 4.69) is 46.6 Å². The maximum Gasteiger partial charge on any atom is 0.251 e. The lowest BCUT2D eigenvalue weighted by molar-refractivity contribution is 0.0948. The fourth-order valence-electron chi connectivity index (χ4n) is 3.44. The standard InChI is InChI=1S/C23H28N2O/c26-23(22-11-5-2-6-12-22)24-16-13-21-14-18-25(19-15-21)17-7-10-20-8-3-1-4-9-20/h1-12,21H,13-19H2,(H,24,26)/b10-7+. The molecule has 136 valence electrons. The van der Waals surface area contributed by atoms with Crippen LogP contribution in [0.15, 0.2) is 66.7 Å². The number of carbonyl (C=O) groups excluding carboxylic acids is 1. The topological polar surface area (TPSA) is 32.3 Å². The molecular formula is C23H28N2O. The molecule has 1 aliphatic heterocycles. The second-order valence-corrected chi connectivity index (χ2v) is 6.97. The van der Waals surface area contributed by atoms with Crippen molar-refractivity contribution in [2.45, 2.75) is 19.3 Å². The summed E-state index contributed by atoms with van der Waals surface area (Å²) in [6.07, 6.45) is 7.98. The van der Waals surface area contributed by atoms with Gasteiger partial charge in [-0.1, -0.05) is 60.7 Å². The van der Waals surface area contributed by atoms with E-state index in [-0.39, 0.29) is 5.91 Å². The lowest BCUT2D eigenvalue weighted by atomic mass is 9.93. The highest BCUT2D eigenvalue weighted by molar-refractivity contribution is 5.94. The van der Waals surface area contributed by atoms with Gasteiger partial charge in [0.15, 0.2) is 0 Å². The van der Waals surface area contributed by atoms with Crippen molar-refractivity contribution >= 4 is 12.0 Å². The average Bonchev–Trinajstić information content (AvgIpc) is 2.70. The molecule has 0 unspecified atom stereocenters. The van der Waals surface area contributed by atoms with Crippen LogP contribution in [0.5, 0.6) is 0 Å². The van der Waals surface area contributed by atoms with E-state index in [1.54, 1.807) is 0 Å². The molecule has 0 radical (unpaired) electrons. The van der Waals surface area contributed by atoms with Crippen molar-refractivity contribution in [1.29, 1.82) is 0 Å². The Morgan fingerprint density at radius 1 is 1.00 bits per heavy atom. The molecule has 1 aliphatic rings.